The molecular weight excluding hydrogens is 480 g/mol. The first-order valence-corrected chi connectivity index (χ1v) is 15.1. The summed E-state index contributed by atoms with van der Waals surface area (Å²) < 4.78 is 1.94. The van der Waals surface area contributed by atoms with Crippen molar-refractivity contribution in [3.63, 3.8) is 0 Å². The molecule has 3 aromatic rings. The van der Waals surface area contributed by atoms with Gasteiger partial charge in [-0.15, -0.1) is 0 Å². The van der Waals surface area contributed by atoms with Crippen molar-refractivity contribution < 1.29 is 4.79 Å². The van der Waals surface area contributed by atoms with Gasteiger partial charge in [-0.2, -0.15) is 5.10 Å². The smallest absolute Gasteiger partial charge is 0.253 e. The SMILES string of the molecule is CCCCN(CCCC)C(=O)c1ccn2nc(-c3ccc(C(C)(C)C)cc3)c(C=CCN3CCCCC3)c2c1. The lowest BCUT2D eigenvalue weighted by atomic mass is 9.86. The Morgan fingerprint density at radius 3 is 2.26 bits per heavy atom. The van der Waals surface area contributed by atoms with Crippen LogP contribution < -0.4 is 0 Å². The van der Waals surface area contributed by atoms with Crippen molar-refractivity contribution >= 4 is 17.5 Å². The molecule has 1 aliphatic rings. The molecule has 0 saturated carbocycles. The second kappa shape index (κ2) is 13.4. The molecule has 2 aromatic heterocycles. The molecule has 0 aliphatic carbocycles. The molecule has 4 rings (SSSR count). The fourth-order valence-corrected chi connectivity index (χ4v) is 5.36. The van der Waals surface area contributed by atoms with E-state index in [4.69, 9.17) is 5.10 Å². The maximum absolute atomic E-state index is 13.6. The average molecular weight is 529 g/mol. The number of nitrogens with zero attached hydrogens (tertiary/aromatic N) is 4. The summed E-state index contributed by atoms with van der Waals surface area (Å²) in [6.07, 6.45) is 14.6. The van der Waals surface area contributed by atoms with Gasteiger partial charge in [0.15, 0.2) is 0 Å². The van der Waals surface area contributed by atoms with E-state index < -0.39 is 0 Å². The van der Waals surface area contributed by atoms with Crippen LogP contribution in [-0.4, -0.2) is 58.0 Å². The highest BCUT2D eigenvalue weighted by Gasteiger charge is 2.20. The number of amides is 1. The number of hydrogen-bond acceptors (Lipinski definition) is 3. The molecule has 0 N–H and O–H groups in total. The summed E-state index contributed by atoms with van der Waals surface area (Å²) in [5.74, 6) is 0.125. The van der Waals surface area contributed by atoms with Crippen LogP contribution in [-0.2, 0) is 5.41 Å². The zero-order valence-corrected chi connectivity index (χ0v) is 24.9. The predicted molar refractivity (Wildman–Crippen MR) is 164 cm³/mol. The van der Waals surface area contributed by atoms with Crippen molar-refractivity contribution in [2.75, 3.05) is 32.7 Å². The Kier molecular flexibility index (Phi) is 10.0. The Hall–Kier alpha value is -2.92. The molecule has 1 amide bonds. The van der Waals surface area contributed by atoms with Crippen LogP contribution in [0.5, 0.6) is 0 Å². The van der Waals surface area contributed by atoms with Gasteiger partial charge >= 0.3 is 0 Å². The van der Waals surface area contributed by atoms with Crippen LogP contribution in [0.1, 0.15) is 101 Å². The molecule has 0 atom stereocenters. The largest absolute Gasteiger partial charge is 0.339 e. The third kappa shape index (κ3) is 7.39. The van der Waals surface area contributed by atoms with E-state index in [0.717, 1.165) is 73.2 Å². The van der Waals surface area contributed by atoms with Gasteiger partial charge in [-0.05, 0) is 61.9 Å². The molecule has 39 heavy (non-hydrogen) atoms. The fraction of sp³-hybridized carbons (Fsp3) is 0.529. The molecule has 1 fully saturated rings. The quantitative estimate of drug-likeness (QED) is 0.254. The van der Waals surface area contributed by atoms with E-state index in [1.165, 1.54) is 37.9 Å². The maximum Gasteiger partial charge on any atom is 0.253 e. The lowest BCUT2D eigenvalue weighted by molar-refractivity contribution is 0.0751. The van der Waals surface area contributed by atoms with Crippen LogP contribution in [0.4, 0.5) is 0 Å². The van der Waals surface area contributed by atoms with Crippen molar-refractivity contribution in [2.45, 2.75) is 85.0 Å². The number of rotatable bonds is 11. The van der Waals surface area contributed by atoms with E-state index in [2.05, 4.69) is 75.9 Å². The number of hydrogen-bond donors (Lipinski definition) is 0. The van der Waals surface area contributed by atoms with Crippen molar-refractivity contribution in [1.82, 2.24) is 19.4 Å². The van der Waals surface area contributed by atoms with E-state index in [1.54, 1.807) is 0 Å². The highest BCUT2D eigenvalue weighted by atomic mass is 16.2. The first-order valence-electron chi connectivity index (χ1n) is 15.1. The zero-order chi connectivity index (χ0) is 27.8. The Morgan fingerprint density at radius 2 is 1.64 bits per heavy atom. The minimum absolute atomic E-state index is 0.102. The van der Waals surface area contributed by atoms with Crippen molar-refractivity contribution in [2.24, 2.45) is 0 Å². The fourth-order valence-electron chi connectivity index (χ4n) is 5.36. The van der Waals surface area contributed by atoms with Crippen LogP contribution in [0, 0.1) is 0 Å². The molecule has 5 heteroatoms. The lowest BCUT2D eigenvalue weighted by Gasteiger charge is -2.24. The average Bonchev–Trinajstić information content (AvgIpc) is 3.30. The van der Waals surface area contributed by atoms with E-state index in [0.29, 0.717) is 0 Å². The van der Waals surface area contributed by atoms with Gasteiger partial charge in [0, 0.05) is 42.5 Å². The normalized spacial score (nSPS) is 14.9. The molecule has 0 spiro atoms. The Bertz CT molecular complexity index is 1230. The Balaban J connectivity index is 1.72. The van der Waals surface area contributed by atoms with Gasteiger partial charge in [-0.3, -0.25) is 9.69 Å². The van der Waals surface area contributed by atoms with Crippen LogP contribution in [0.2, 0.25) is 0 Å². The predicted octanol–water partition coefficient (Wildman–Crippen LogP) is 7.84. The second-order valence-corrected chi connectivity index (χ2v) is 12.1. The number of fused-ring (bicyclic) bond motifs is 1. The van der Waals surface area contributed by atoms with Gasteiger partial charge < -0.3 is 4.90 Å². The molecule has 3 heterocycles. The molecule has 210 valence electrons. The minimum atomic E-state index is 0.102. The number of aromatic nitrogens is 2. The third-order valence-corrected chi connectivity index (χ3v) is 7.89. The van der Waals surface area contributed by atoms with E-state index in [9.17, 15) is 4.79 Å². The van der Waals surface area contributed by atoms with Crippen LogP contribution in [0.3, 0.4) is 0 Å². The highest BCUT2D eigenvalue weighted by molar-refractivity contribution is 5.96. The summed E-state index contributed by atoms with van der Waals surface area (Å²) in [5, 5.41) is 5.01. The lowest BCUT2D eigenvalue weighted by Crippen LogP contribution is -2.33. The van der Waals surface area contributed by atoms with Gasteiger partial charge in [-0.1, -0.05) is 90.3 Å². The van der Waals surface area contributed by atoms with Gasteiger partial charge in [0.25, 0.3) is 5.91 Å². The molecule has 0 radical (unpaired) electrons. The van der Waals surface area contributed by atoms with Gasteiger partial charge in [0.2, 0.25) is 0 Å². The maximum atomic E-state index is 13.6. The van der Waals surface area contributed by atoms with Crippen molar-refractivity contribution in [3.8, 4) is 11.3 Å². The number of pyridine rings is 1. The summed E-state index contributed by atoms with van der Waals surface area (Å²) in [4.78, 5) is 18.2. The van der Waals surface area contributed by atoms with Gasteiger partial charge in [0.05, 0.1) is 5.52 Å². The molecule has 0 bridgehead atoms. The van der Waals surface area contributed by atoms with Gasteiger partial charge in [-0.25, -0.2) is 4.52 Å². The summed E-state index contributed by atoms with van der Waals surface area (Å²) >= 11 is 0. The number of benzene rings is 1. The molecule has 1 saturated heterocycles. The molecular formula is C34H48N4O. The first-order chi connectivity index (χ1) is 18.8. The second-order valence-electron chi connectivity index (χ2n) is 12.1. The number of piperidine rings is 1. The van der Waals surface area contributed by atoms with E-state index in [1.807, 2.05) is 27.7 Å². The van der Waals surface area contributed by atoms with E-state index >= 15 is 0 Å². The number of carbonyl (C=O) groups is 1. The molecule has 1 aliphatic heterocycles. The molecule has 5 nitrogen and oxygen atoms in total. The Morgan fingerprint density at radius 1 is 0.974 bits per heavy atom. The van der Waals surface area contributed by atoms with Gasteiger partial charge in [0.1, 0.15) is 5.69 Å². The standard InChI is InChI=1S/C34H48N4O/c1-6-8-23-37(24-9-7-2)33(39)28-19-25-38-31(26-28)30(14-13-22-36-20-11-10-12-21-36)32(35-38)27-15-17-29(18-16-27)34(3,4)5/h13-19,25-26H,6-12,20-24H2,1-5H3. The van der Waals surface area contributed by atoms with Crippen molar-refractivity contribution in [1.29, 1.82) is 0 Å². The monoisotopic (exact) mass is 528 g/mol. The van der Waals surface area contributed by atoms with E-state index in [-0.39, 0.29) is 11.3 Å². The summed E-state index contributed by atoms with van der Waals surface area (Å²) in [6, 6.07) is 12.8. The topological polar surface area (TPSA) is 40.9 Å². The number of carbonyl (C=O) groups excluding carboxylic acids is 1. The zero-order valence-electron chi connectivity index (χ0n) is 24.9. The number of unbranched alkanes of at least 4 members (excludes halogenated alkanes) is 2. The summed E-state index contributed by atoms with van der Waals surface area (Å²) in [6.45, 7) is 16.0. The number of likely N-dealkylation sites (tertiary alicyclic amines) is 1. The first kappa shape index (κ1) is 29.1. The minimum Gasteiger partial charge on any atom is -0.339 e. The summed E-state index contributed by atoms with van der Waals surface area (Å²) in [5.41, 5.74) is 6.29. The third-order valence-electron chi connectivity index (χ3n) is 7.89. The van der Waals surface area contributed by atoms with Crippen molar-refractivity contribution in [3.05, 3.63) is 65.4 Å². The Labute approximate surface area is 235 Å². The van der Waals surface area contributed by atoms with Crippen LogP contribution in [0.25, 0.3) is 22.9 Å². The van der Waals surface area contributed by atoms with Crippen LogP contribution in [0.15, 0.2) is 48.7 Å². The molecule has 0 unspecified atom stereocenters. The van der Waals surface area contributed by atoms with Crippen LogP contribution >= 0.6 is 0 Å². The highest BCUT2D eigenvalue weighted by Crippen LogP contribution is 2.31. The molecule has 1 aromatic carbocycles. The summed E-state index contributed by atoms with van der Waals surface area (Å²) in [7, 11) is 0.